The van der Waals surface area contributed by atoms with Crippen LogP contribution in [0.2, 0.25) is 0 Å². The Morgan fingerprint density at radius 3 is 2.47 bits per heavy atom. The van der Waals surface area contributed by atoms with E-state index in [9.17, 15) is 4.79 Å². The van der Waals surface area contributed by atoms with Gasteiger partial charge in [-0.1, -0.05) is 37.3 Å². The van der Waals surface area contributed by atoms with Crippen molar-refractivity contribution in [1.29, 1.82) is 0 Å². The van der Waals surface area contributed by atoms with Crippen molar-refractivity contribution in [3.05, 3.63) is 35.9 Å². The largest absolute Gasteiger partial charge is 0.465 e. The predicted molar refractivity (Wildman–Crippen MR) is 78.7 cm³/mol. The third-order valence-corrected chi connectivity index (χ3v) is 3.61. The van der Waals surface area contributed by atoms with E-state index in [0.29, 0.717) is 6.61 Å². The Morgan fingerprint density at radius 1 is 1.26 bits per heavy atom. The van der Waals surface area contributed by atoms with E-state index >= 15 is 0 Å². The minimum atomic E-state index is -0.443. The van der Waals surface area contributed by atoms with Crippen molar-refractivity contribution in [2.24, 2.45) is 0 Å². The molecule has 1 N–H and O–H groups in total. The van der Waals surface area contributed by atoms with E-state index in [2.05, 4.69) is 5.32 Å². The van der Waals surface area contributed by atoms with Crippen LogP contribution < -0.4 is 5.32 Å². The third kappa shape index (κ3) is 3.48. The monoisotopic (exact) mass is 283 g/mol. The van der Waals surface area contributed by atoms with Crippen LogP contribution in [-0.4, -0.2) is 25.7 Å². The standard InChI is InChI=1S/C15H21NO2.ClH/c1-2-12-18-14(17)15(8-10-16-11-9-15)13-6-4-3-5-7-13;/h3-7,16H,2,8-12H2,1H3;1H. The van der Waals surface area contributed by atoms with Gasteiger partial charge >= 0.3 is 5.97 Å². The molecule has 1 fully saturated rings. The normalized spacial score (nSPS) is 17.3. The van der Waals surface area contributed by atoms with Gasteiger partial charge in [-0.15, -0.1) is 12.4 Å². The molecule has 0 atom stereocenters. The zero-order valence-corrected chi connectivity index (χ0v) is 12.2. The average molecular weight is 284 g/mol. The molecule has 0 amide bonds. The highest BCUT2D eigenvalue weighted by molar-refractivity contribution is 5.85. The summed E-state index contributed by atoms with van der Waals surface area (Å²) in [7, 11) is 0. The molecule has 19 heavy (non-hydrogen) atoms. The van der Waals surface area contributed by atoms with E-state index in [0.717, 1.165) is 37.9 Å². The molecule has 1 aromatic rings. The summed E-state index contributed by atoms with van der Waals surface area (Å²) in [4.78, 5) is 12.4. The van der Waals surface area contributed by atoms with Crippen LogP contribution in [0.5, 0.6) is 0 Å². The van der Waals surface area contributed by atoms with Gasteiger partial charge in [0.05, 0.1) is 12.0 Å². The summed E-state index contributed by atoms with van der Waals surface area (Å²) >= 11 is 0. The van der Waals surface area contributed by atoms with Crippen LogP contribution in [0.1, 0.15) is 31.7 Å². The number of halogens is 1. The van der Waals surface area contributed by atoms with Crippen molar-refractivity contribution in [2.75, 3.05) is 19.7 Å². The number of carbonyl (C=O) groups is 1. The minimum absolute atomic E-state index is 0. The van der Waals surface area contributed by atoms with Gasteiger partial charge in [-0.05, 0) is 37.9 Å². The van der Waals surface area contributed by atoms with Gasteiger partial charge in [0.2, 0.25) is 0 Å². The highest BCUT2D eigenvalue weighted by Crippen LogP contribution is 2.34. The van der Waals surface area contributed by atoms with Crippen LogP contribution in [0, 0.1) is 0 Å². The molecule has 1 aliphatic heterocycles. The van der Waals surface area contributed by atoms with Crippen molar-refractivity contribution in [2.45, 2.75) is 31.6 Å². The van der Waals surface area contributed by atoms with Crippen LogP contribution >= 0.6 is 12.4 Å². The molecule has 1 aliphatic rings. The van der Waals surface area contributed by atoms with Gasteiger partial charge in [0.1, 0.15) is 0 Å². The predicted octanol–water partition coefficient (Wildman–Crippen LogP) is 2.68. The SMILES string of the molecule is CCCOC(=O)C1(c2ccccc2)CCNCC1.Cl. The van der Waals surface area contributed by atoms with Crippen LogP contribution in [0.3, 0.4) is 0 Å². The van der Waals surface area contributed by atoms with E-state index in [1.807, 2.05) is 37.3 Å². The molecule has 0 bridgehead atoms. The molecular formula is C15H22ClNO2. The molecule has 2 rings (SSSR count). The smallest absolute Gasteiger partial charge is 0.316 e. The number of hydrogen-bond acceptors (Lipinski definition) is 3. The first-order valence-electron chi connectivity index (χ1n) is 6.73. The molecular weight excluding hydrogens is 262 g/mol. The van der Waals surface area contributed by atoms with E-state index in [1.165, 1.54) is 0 Å². The van der Waals surface area contributed by atoms with Crippen molar-refractivity contribution in [3.63, 3.8) is 0 Å². The van der Waals surface area contributed by atoms with Crippen LogP contribution in [0.25, 0.3) is 0 Å². The van der Waals surface area contributed by atoms with Gasteiger partial charge in [0.15, 0.2) is 0 Å². The van der Waals surface area contributed by atoms with Crippen LogP contribution in [0.15, 0.2) is 30.3 Å². The third-order valence-electron chi connectivity index (χ3n) is 3.61. The summed E-state index contributed by atoms with van der Waals surface area (Å²) in [5, 5.41) is 3.31. The quantitative estimate of drug-likeness (QED) is 0.864. The second kappa shape index (κ2) is 7.51. The first-order valence-corrected chi connectivity index (χ1v) is 6.73. The molecule has 106 valence electrons. The van der Waals surface area contributed by atoms with Crippen molar-refractivity contribution in [1.82, 2.24) is 5.32 Å². The molecule has 1 aromatic carbocycles. The maximum Gasteiger partial charge on any atom is 0.316 e. The molecule has 0 radical (unpaired) electrons. The summed E-state index contributed by atoms with van der Waals surface area (Å²) in [6.45, 7) is 4.28. The summed E-state index contributed by atoms with van der Waals surface area (Å²) in [6.07, 6.45) is 2.51. The second-order valence-electron chi connectivity index (χ2n) is 4.83. The van der Waals surface area contributed by atoms with Crippen molar-refractivity contribution < 1.29 is 9.53 Å². The lowest BCUT2D eigenvalue weighted by Crippen LogP contribution is -2.46. The number of esters is 1. The van der Waals surface area contributed by atoms with Gasteiger partial charge in [0.25, 0.3) is 0 Å². The molecule has 0 saturated carbocycles. The minimum Gasteiger partial charge on any atom is -0.465 e. The summed E-state index contributed by atoms with van der Waals surface area (Å²) < 4.78 is 5.42. The summed E-state index contributed by atoms with van der Waals surface area (Å²) in [5.41, 5.74) is 0.648. The second-order valence-corrected chi connectivity index (χ2v) is 4.83. The Hall–Kier alpha value is -1.06. The number of ether oxygens (including phenoxy) is 1. The lowest BCUT2D eigenvalue weighted by Gasteiger charge is -2.35. The summed E-state index contributed by atoms with van der Waals surface area (Å²) in [6, 6.07) is 10.0. The molecule has 0 aliphatic carbocycles. The van der Waals surface area contributed by atoms with E-state index in [-0.39, 0.29) is 18.4 Å². The fourth-order valence-corrected chi connectivity index (χ4v) is 2.55. The molecule has 4 heteroatoms. The van der Waals surface area contributed by atoms with Crippen molar-refractivity contribution in [3.8, 4) is 0 Å². The van der Waals surface area contributed by atoms with Gasteiger partial charge in [-0.2, -0.15) is 0 Å². The van der Waals surface area contributed by atoms with Crippen LogP contribution in [0.4, 0.5) is 0 Å². The average Bonchev–Trinajstić information content (AvgIpc) is 2.46. The van der Waals surface area contributed by atoms with Crippen molar-refractivity contribution >= 4 is 18.4 Å². The van der Waals surface area contributed by atoms with E-state index in [1.54, 1.807) is 0 Å². The number of nitrogens with one attached hydrogen (secondary N) is 1. The Bertz CT molecular complexity index is 388. The number of piperidine rings is 1. The number of hydrogen-bond donors (Lipinski definition) is 1. The molecule has 1 saturated heterocycles. The number of carbonyl (C=O) groups excluding carboxylic acids is 1. The van der Waals surface area contributed by atoms with Gasteiger partial charge in [-0.3, -0.25) is 4.79 Å². The highest BCUT2D eigenvalue weighted by Gasteiger charge is 2.42. The molecule has 0 aromatic heterocycles. The Morgan fingerprint density at radius 2 is 1.89 bits per heavy atom. The number of benzene rings is 1. The molecule has 1 heterocycles. The topological polar surface area (TPSA) is 38.3 Å². The van der Waals surface area contributed by atoms with Crippen LogP contribution in [-0.2, 0) is 14.9 Å². The first kappa shape index (κ1) is 16.0. The summed E-state index contributed by atoms with van der Waals surface area (Å²) in [5.74, 6) is -0.0583. The Kier molecular flexibility index (Phi) is 6.32. The highest BCUT2D eigenvalue weighted by atomic mass is 35.5. The zero-order chi connectivity index (χ0) is 12.8. The van der Waals surface area contributed by atoms with E-state index < -0.39 is 5.41 Å². The van der Waals surface area contributed by atoms with E-state index in [4.69, 9.17) is 4.74 Å². The molecule has 0 unspecified atom stereocenters. The van der Waals surface area contributed by atoms with Gasteiger partial charge in [0, 0.05) is 0 Å². The molecule has 0 spiro atoms. The lowest BCUT2D eigenvalue weighted by molar-refractivity contribution is -0.152. The lowest BCUT2D eigenvalue weighted by atomic mass is 9.73. The zero-order valence-electron chi connectivity index (χ0n) is 11.4. The first-order chi connectivity index (χ1) is 8.79. The number of rotatable bonds is 4. The maximum atomic E-state index is 12.4. The fraction of sp³-hybridized carbons (Fsp3) is 0.533. The molecule has 3 nitrogen and oxygen atoms in total. The Labute approximate surface area is 121 Å². The maximum absolute atomic E-state index is 12.4. The fourth-order valence-electron chi connectivity index (χ4n) is 2.55. The Balaban J connectivity index is 0.00000180. The van der Waals surface area contributed by atoms with Gasteiger partial charge < -0.3 is 10.1 Å². The van der Waals surface area contributed by atoms with Gasteiger partial charge in [-0.25, -0.2) is 0 Å².